The van der Waals surface area contributed by atoms with E-state index in [-0.39, 0.29) is 0 Å². The van der Waals surface area contributed by atoms with Crippen molar-refractivity contribution in [3.8, 4) is 11.1 Å². The summed E-state index contributed by atoms with van der Waals surface area (Å²) in [6.07, 6.45) is 1.95. The minimum Gasteiger partial charge on any atom is -0.338 e. The number of fused-ring (bicyclic) bond motifs is 2. The molecule has 0 amide bonds. The van der Waals surface area contributed by atoms with Gasteiger partial charge in [-0.2, -0.15) is 0 Å². The zero-order valence-corrected chi connectivity index (χ0v) is 17.3. The number of allylic oxidation sites excluding steroid dienone is 2. The lowest BCUT2D eigenvalue weighted by Gasteiger charge is -2.15. The van der Waals surface area contributed by atoms with E-state index in [4.69, 9.17) is 0 Å². The van der Waals surface area contributed by atoms with Crippen LogP contribution in [0.5, 0.6) is 0 Å². The summed E-state index contributed by atoms with van der Waals surface area (Å²) in [6.45, 7) is 0. The van der Waals surface area contributed by atoms with Gasteiger partial charge in [0.25, 0.3) is 0 Å². The van der Waals surface area contributed by atoms with Crippen LogP contribution in [-0.2, 0) is 4.79 Å². The standard InChI is InChI=1S/C27H19NOS/c1-28-25-16-21(19-8-3-2-4-9-19)14-15-26(25)30-27(28)17-22(18-29)24-13-7-11-20-10-5-6-12-23(20)24/h2-17H,1H3. The smallest absolute Gasteiger partial charge is 0.133 e. The predicted octanol–water partition coefficient (Wildman–Crippen LogP) is 6.81. The van der Waals surface area contributed by atoms with Gasteiger partial charge in [0.1, 0.15) is 5.94 Å². The highest BCUT2D eigenvalue weighted by molar-refractivity contribution is 8.03. The second kappa shape index (κ2) is 7.72. The molecule has 0 bridgehead atoms. The van der Waals surface area contributed by atoms with Crippen LogP contribution in [0.3, 0.4) is 0 Å². The van der Waals surface area contributed by atoms with Crippen LogP contribution >= 0.6 is 11.8 Å². The fraction of sp³-hybridized carbons (Fsp3) is 0.0370. The molecule has 5 rings (SSSR count). The van der Waals surface area contributed by atoms with Crippen LogP contribution in [0, 0.1) is 0 Å². The fourth-order valence-corrected chi connectivity index (χ4v) is 4.92. The summed E-state index contributed by atoms with van der Waals surface area (Å²) in [5.41, 5.74) is 5.00. The van der Waals surface area contributed by atoms with Gasteiger partial charge in [-0.05, 0) is 40.1 Å². The van der Waals surface area contributed by atoms with Crippen LogP contribution < -0.4 is 4.90 Å². The summed E-state index contributed by atoms with van der Waals surface area (Å²) in [4.78, 5) is 15.3. The van der Waals surface area contributed by atoms with E-state index in [1.54, 1.807) is 11.8 Å². The largest absolute Gasteiger partial charge is 0.338 e. The normalized spacial score (nSPS) is 14.0. The lowest BCUT2D eigenvalue weighted by atomic mass is 9.99. The van der Waals surface area contributed by atoms with Crippen molar-refractivity contribution >= 4 is 39.7 Å². The average Bonchev–Trinajstić information content (AvgIpc) is 3.12. The van der Waals surface area contributed by atoms with Crippen molar-refractivity contribution in [1.29, 1.82) is 0 Å². The van der Waals surface area contributed by atoms with Gasteiger partial charge < -0.3 is 4.90 Å². The molecule has 3 heteroatoms. The van der Waals surface area contributed by atoms with Gasteiger partial charge in [0.05, 0.1) is 16.3 Å². The van der Waals surface area contributed by atoms with Crippen LogP contribution in [0.2, 0.25) is 0 Å². The summed E-state index contributed by atoms with van der Waals surface area (Å²) >= 11 is 1.68. The van der Waals surface area contributed by atoms with E-state index in [1.807, 2.05) is 49.5 Å². The minimum absolute atomic E-state index is 0.567. The van der Waals surface area contributed by atoms with Crippen LogP contribution in [-0.4, -0.2) is 13.0 Å². The molecular weight excluding hydrogens is 386 g/mol. The van der Waals surface area contributed by atoms with Gasteiger partial charge in [0.15, 0.2) is 0 Å². The van der Waals surface area contributed by atoms with Gasteiger partial charge in [-0.3, -0.25) is 0 Å². The molecule has 1 aliphatic heterocycles. The van der Waals surface area contributed by atoms with Gasteiger partial charge in [-0.15, -0.1) is 0 Å². The Bertz CT molecular complexity index is 1330. The lowest BCUT2D eigenvalue weighted by molar-refractivity contribution is 0.569. The summed E-state index contributed by atoms with van der Waals surface area (Å²) in [6, 6.07) is 31.0. The second-order valence-electron chi connectivity index (χ2n) is 7.23. The van der Waals surface area contributed by atoms with Crippen LogP contribution in [0.1, 0.15) is 5.56 Å². The maximum absolute atomic E-state index is 11.9. The topological polar surface area (TPSA) is 20.3 Å². The molecule has 1 heterocycles. The SMILES string of the molecule is CN1C(=CC(=C=O)c2cccc3ccccc23)Sc2ccc(-c3ccccc3)cc21. The molecule has 0 N–H and O–H groups in total. The molecule has 0 aliphatic carbocycles. The van der Waals surface area contributed by atoms with Crippen LogP contribution in [0.15, 0.2) is 107 Å². The first-order valence-corrected chi connectivity index (χ1v) is 10.6. The molecular formula is C27H19NOS. The maximum Gasteiger partial charge on any atom is 0.133 e. The summed E-state index contributed by atoms with van der Waals surface area (Å²) in [5.74, 6) is 2.17. The van der Waals surface area contributed by atoms with Crippen molar-refractivity contribution in [2.45, 2.75) is 4.90 Å². The van der Waals surface area contributed by atoms with Crippen LogP contribution in [0.4, 0.5) is 5.69 Å². The third kappa shape index (κ3) is 3.25. The predicted molar refractivity (Wildman–Crippen MR) is 127 cm³/mol. The zero-order valence-electron chi connectivity index (χ0n) is 16.5. The highest BCUT2D eigenvalue weighted by atomic mass is 32.2. The molecule has 1 aliphatic rings. The van der Waals surface area contributed by atoms with E-state index >= 15 is 0 Å². The molecule has 30 heavy (non-hydrogen) atoms. The Kier molecular flexibility index (Phi) is 4.76. The van der Waals surface area contributed by atoms with Gasteiger partial charge >= 0.3 is 0 Å². The molecule has 0 saturated carbocycles. The number of rotatable bonds is 3. The summed E-state index contributed by atoms with van der Waals surface area (Å²) in [7, 11) is 2.05. The van der Waals surface area contributed by atoms with Crippen LogP contribution in [0.25, 0.3) is 27.5 Å². The maximum atomic E-state index is 11.9. The Morgan fingerprint density at radius 1 is 0.867 bits per heavy atom. The van der Waals surface area contributed by atoms with Crippen molar-refractivity contribution in [2.75, 3.05) is 11.9 Å². The number of nitrogens with zero attached hydrogens (tertiary/aromatic N) is 1. The first-order chi connectivity index (χ1) is 14.7. The molecule has 4 aromatic rings. The highest BCUT2D eigenvalue weighted by Gasteiger charge is 2.23. The third-order valence-electron chi connectivity index (χ3n) is 5.43. The van der Waals surface area contributed by atoms with Gasteiger partial charge in [0, 0.05) is 17.5 Å². The average molecular weight is 406 g/mol. The van der Waals surface area contributed by atoms with E-state index in [9.17, 15) is 4.79 Å². The van der Waals surface area contributed by atoms with Crippen molar-refractivity contribution < 1.29 is 4.79 Å². The van der Waals surface area contributed by atoms with Gasteiger partial charge in [0.2, 0.25) is 0 Å². The Morgan fingerprint density at radius 3 is 2.47 bits per heavy atom. The molecule has 0 unspecified atom stereocenters. The number of carbonyl (C=O) groups excluding carboxylic acids is 1. The minimum atomic E-state index is 0.567. The lowest BCUT2D eigenvalue weighted by Crippen LogP contribution is -2.09. The quantitative estimate of drug-likeness (QED) is 0.349. The highest BCUT2D eigenvalue weighted by Crippen LogP contribution is 2.47. The molecule has 0 aromatic heterocycles. The summed E-state index contributed by atoms with van der Waals surface area (Å²) in [5, 5.41) is 3.19. The Labute approximate surface area is 180 Å². The number of hydrogen-bond acceptors (Lipinski definition) is 3. The monoisotopic (exact) mass is 405 g/mol. The third-order valence-corrected chi connectivity index (χ3v) is 6.60. The molecule has 144 valence electrons. The van der Waals surface area contributed by atoms with Crippen molar-refractivity contribution in [1.82, 2.24) is 0 Å². The first-order valence-electron chi connectivity index (χ1n) is 9.80. The molecule has 0 radical (unpaired) electrons. The fourth-order valence-electron chi connectivity index (χ4n) is 3.85. The Balaban J connectivity index is 1.53. The van der Waals surface area contributed by atoms with E-state index in [1.165, 1.54) is 16.0 Å². The Morgan fingerprint density at radius 2 is 1.63 bits per heavy atom. The van der Waals surface area contributed by atoms with Crippen molar-refractivity contribution in [2.24, 2.45) is 0 Å². The van der Waals surface area contributed by atoms with Crippen molar-refractivity contribution in [3.05, 3.63) is 108 Å². The molecule has 2 nitrogen and oxygen atoms in total. The number of anilines is 1. The zero-order chi connectivity index (χ0) is 20.5. The van der Waals surface area contributed by atoms with E-state index in [2.05, 4.69) is 65.4 Å². The summed E-state index contributed by atoms with van der Waals surface area (Å²) < 4.78 is 0. The second-order valence-corrected chi connectivity index (χ2v) is 8.30. The first kappa shape index (κ1) is 18.5. The molecule has 0 fully saturated rings. The molecule has 0 saturated heterocycles. The van der Waals surface area contributed by atoms with E-state index < -0.39 is 0 Å². The van der Waals surface area contributed by atoms with E-state index in [0.717, 1.165) is 27.1 Å². The number of benzene rings is 4. The number of hydrogen-bond donors (Lipinski definition) is 0. The van der Waals surface area contributed by atoms with Gasteiger partial charge in [-0.25, -0.2) is 4.79 Å². The number of thioether (sulfide) groups is 1. The molecule has 0 spiro atoms. The van der Waals surface area contributed by atoms with Gasteiger partial charge in [-0.1, -0.05) is 90.6 Å². The molecule has 4 aromatic carbocycles. The van der Waals surface area contributed by atoms with E-state index in [0.29, 0.717) is 5.57 Å². The molecule has 0 atom stereocenters. The Hall–Kier alpha value is -3.52. The van der Waals surface area contributed by atoms with Crippen molar-refractivity contribution in [3.63, 3.8) is 0 Å².